The van der Waals surface area contributed by atoms with Crippen LogP contribution in [0.1, 0.15) is 24.5 Å². The molecule has 0 radical (unpaired) electrons. The molecule has 0 bridgehead atoms. The van der Waals surface area contributed by atoms with Crippen molar-refractivity contribution in [1.82, 2.24) is 29.7 Å². The second-order valence-corrected chi connectivity index (χ2v) is 6.29. The first-order valence-electron chi connectivity index (χ1n) is 8.15. The van der Waals surface area contributed by atoms with Crippen LogP contribution in [0.25, 0.3) is 16.8 Å². The first-order valence-corrected chi connectivity index (χ1v) is 8.15. The van der Waals surface area contributed by atoms with E-state index in [1.165, 1.54) is 0 Å². The van der Waals surface area contributed by atoms with E-state index in [-0.39, 0.29) is 18.6 Å². The van der Waals surface area contributed by atoms with E-state index >= 15 is 0 Å². The predicted molar refractivity (Wildman–Crippen MR) is 90.5 cm³/mol. The topological polar surface area (TPSA) is 106 Å². The largest absolute Gasteiger partial charge is 0.395 e. The third kappa shape index (κ3) is 2.44. The summed E-state index contributed by atoms with van der Waals surface area (Å²) in [5.41, 5.74) is 9.69. The molecule has 0 amide bonds. The van der Waals surface area contributed by atoms with Crippen LogP contribution in [0.15, 0.2) is 24.7 Å². The Morgan fingerprint density at radius 1 is 1.38 bits per heavy atom. The van der Waals surface area contributed by atoms with Gasteiger partial charge in [0.05, 0.1) is 24.7 Å². The van der Waals surface area contributed by atoms with Crippen LogP contribution in [0.2, 0.25) is 0 Å². The van der Waals surface area contributed by atoms with Gasteiger partial charge >= 0.3 is 0 Å². The lowest BCUT2D eigenvalue weighted by molar-refractivity contribution is 0.200. The summed E-state index contributed by atoms with van der Waals surface area (Å²) < 4.78 is 3.40. The van der Waals surface area contributed by atoms with Crippen LogP contribution in [0.5, 0.6) is 0 Å². The molecule has 1 fully saturated rings. The molecule has 0 spiro atoms. The van der Waals surface area contributed by atoms with Gasteiger partial charge in [-0.2, -0.15) is 14.7 Å². The van der Waals surface area contributed by atoms with Crippen LogP contribution in [0.4, 0.5) is 5.82 Å². The van der Waals surface area contributed by atoms with Crippen molar-refractivity contribution in [2.75, 3.05) is 18.9 Å². The number of rotatable bonds is 3. The number of fused-ring (bicyclic) bond motifs is 1. The maximum Gasteiger partial charge on any atom is 0.165 e. The third-order valence-corrected chi connectivity index (χ3v) is 4.70. The molecule has 0 unspecified atom stereocenters. The summed E-state index contributed by atoms with van der Waals surface area (Å²) in [7, 11) is 1.88. The number of aliphatic hydroxyl groups excluding tert-OH is 1. The van der Waals surface area contributed by atoms with Crippen LogP contribution in [0.3, 0.4) is 0 Å². The molecule has 8 nitrogen and oxygen atoms in total. The fraction of sp³-hybridized carbons (Fsp3) is 0.438. The normalized spacial score (nSPS) is 21.4. The van der Waals surface area contributed by atoms with E-state index in [4.69, 9.17) is 10.7 Å². The van der Waals surface area contributed by atoms with E-state index < -0.39 is 0 Å². The number of nitrogens with two attached hydrogens (primary N) is 1. The van der Waals surface area contributed by atoms with Crippen LogP contribution >= 0.6 is 0 Å². The summed E-state index contributed by atoms with van der Waals surface area (Å²) in [6.45, 7) is 1.01. The Balaban J connectivity index is 1.83. The molecular formula is C16H21N7O. The van der Waals surface area contributed by atoms with Crippen LogP contribution in [-0.2, 0) is 7.05 Å². The van der Waals surface area contributed by atoms with Crippen molar-refractivity contribution in [1.29, 1.82) is 0 Å². The SMILES string of the molecule is Cn1cc(-c2cnn3c(N)cc([C@H]4CCCN[C@H]4CO)nc23)cn1. The van der Waals surface area contributed by atoms with E-state index in [1.807, 2.05) is 19.3 Å². The number of piperidine rings is 1. The molecule has 0 aromatic carbocycles. The van der Waals surface area contributed by atoms with Crippen LogP contribution < -0.4 is 11.1 Å². The number of nitrogen functional groups attached to an aromatic ring is 1. The highest BCUT2D eigenvalue weighted by molar-refractivity contribution is 5.77. The van der Waals surface area contributed by atoms with E-state index in [0.29, 0.717) is 5.82 Å². The molecular weight excluding hydrogens is 306 g/mol. The van der Waals surface area contributed by atoms with Gasteiger partial charge in [-0.15, -0.1) is 0 Å². The molecule has 1 aliphatic rings. The maximum atomic E-state index is 9.65. The third-order valence-electron chi connectivity index (χ3n) is 4.70. The second-order valence-electron chi connectivity index (χ2n) is 6.29. The van der Waals surface area contributed by atoms with Gasteiger partial charge in [0.25, 0.3) is 0 Å². The Hall–Kier alpha value is -2.45. The number of hydrogen-bond donors (Lipinski definition) is 3. The van der Waals surface area contributed by atoms with Gasteiger partial charge < -0.3 is 16.2 Å². The standard InChI is InChI=1S/C16H21N7O/c1-22-8-10(6-19-22)12-7-20-23-15(17)5-13(21-16(12)23)11-3-2-4-18-14(11)9-24/h5-8,11,14,18,24H,2-4,9,17H2,1H3/t11-,14+/m1/s1. The van der Waals surface area contributed by atoms with Gasteiger partial charge in [0, 0.05) is 42.4 Å². The van der Waals surface area contributed by atoms with Crippen LogP contribution in [0, 0.1) is 0 Å². The molecule has 24 heavy (non-hydrogen) atoms. The van der Waals surface area contributed by atoms with E-state index in [9.17, 15) is 5.11 Å². The molecule has 0 aliphatic carbocycles. The van der Waals surface area contributed by atoms with E-state index in [1.54, 1.807) is 21.6 Å². The summed E-state index contributed by atoms with van der Waals surface area (Å²) in [6.07, 6.45) is 7.53. The highest BCUT2D eigenvalue weighted by atomic mass is 16.3. The number of aryl methyl sites for hydroxylation is 1. The molecule has 0 saturated carbocycles. The summed E-state index contributed by atoms with van der Waals surface area (Å²) in [6, 6.07) is 1.88. The smallest absolute Gasteiger partial charge is 0.165 e. The van der Waals surface area contributed by atoms with Crippen molar-refractivity contribution in [3.05, 3.63) is 30.4 Å². The maximum absolute atomic E-state index is 9.65. The number of aromatic nitrogens is 5. The lowest BCUT2D eigenvalue weighted by Gasteiger charge is -2.31. The highest BCUT2D eigenvalue weighted by Gasteiger charge is 2.28. The number of nitrogens with one attached hydrogen (secondary N) is 1. The molecule has 1 aliphatic heterocycles. The Bertz CT molecular complexity index is 869. The Morgan fingerprint density at radius 2 is 2.25 bits per heavy atom. The van der Waals surface area contributed by atoms with Crippen LogP contribution in [-0.4, -0.2) is 48.7 Å². The number of nitrogens with zero attached hydrogens (tertiary/aromatic N) is 5. The minimum Gasteiger partial charge on any atom is -0.395 e. The zero-order chi connectivity index (χ0) is 16.7. The van der Waals surface area contributed by atoms with Crippen molar-refractivity contribution in [3.8, 4) is 11.1 Å². The summed E-state index contributed by atoms with van der Waals surface area (Å²) in [4.78, 5) is 4.84. The quantitative estimate of drug-likeness (QED) is 0.648. The fourth-order valence-electron chi connectivity index (χ4n) is 3.46. The molecule has 4 rings (SSSR count). The fourth-order valence-corrected chi connectivity index (χ4v) is 3.46. The zero-order valence-electron chi connectivity index (χ0n) is 13.6. The molecule has 8 heteroatoms. The zero-order valence-corrected chi connectivity index (χ0v) is 13.6. The van der Waals surface area contributed by atoms with Gasteiger partial charge in [-0.1, -0.05) is 0 Å². The van der Waals surface area contributed by atoms with E-state index in [2.05, 4.69) is 15.5 Å². The first-order chi connectivity index (χ1) is 11.7. The Morgan fingerprint density at radius 3 is 3.00 bits per heavy atom. The number of aliphatic hydroxyl groups is 1. The molecule has 3 aromatic heterocycles. The highest BCUT2D eigenvalue weighted by Crippen LogP contribution is 2.30. The first kappa shape index (κ1) is 15.1. The Labute approximate surface area is 139 Å². The van der Waals surface area contributed by atoms with Gasteiger partial charge in [0.15, 0.2) is 5.65 Å². The lowest BCUT2D eigenvalue weighted by atomic mass is 9.88. The predicted octanol–water partition coefficient (Wildman–Crippen LogP) is 0.540. The number of anilines is 1. The van der Waals surface area contributed by atoms with Crippen molar-refractivity contribution in [2.24, 2.45) is 7.05 Å². The van der Waals surface area contributed by atoms with Gasteiger partial charge in [0.1, 0.15) is 5.82 Å². The van der Waals surface area contributed by atoms with Gasteiger partial charge in [-0.05, 0) is 19.4 Å². The van der Waals surface area contributed by atoms with Crippen molar-refractivity contribution in [3.63, 3.8) is 0 Å². The number of hydrogen-bond acceptors (Lipinski definition) is 6. The van der Waals surface area contributed by atoms with Crippen molar-refractivity contribution < 1.29 is 5.11 Å². The van der Waals surface area contributed by atoms with Gasteiger partial charge in [0.2, 0.25) is 0 Å². The Kier molecular flexibility index (Phi) is 3.70. The van der Waals surface area contributed by atoms with Crippen molar-refractivity contribution in [2.45, 2.75) is 24.8 Å². The average Bonchev–Trinajstić information content (AvgIpc) is 3.21. The van der Waals surface area contributed by atoms with Gasteiger partial charge in [-0.3, -0.25) is 4.68 Å². The average molecular weight is 327 g/mol. The van der Waals surface area contributed by atoms with Gasteiger partial charge in [-0.25, -0.2) is 4.98 Å². The molecule has 126 valence electrons. The van der Waals surface area contributed by atoms with E-state index in [0.717, 1.165) is 41.9 Å². The monoisotopic (exact) mass is 327 g/mol. The minimum absolute atomic E-state index is 0.0119. The summed E-state index contributed by atoms with van der Waals surface area (Å²) in [5, 5.41) is 21.6. The summed E-state index contributed by atoms with van der Waals surface area (Å²) >= 11 is 0. The molecule has 2 atom stereocenters. The second kappa shape index (κ2) is 5.88. The lowest BCUT2D eigenvalue weighted by Crippen LogP contribution is -2.42. The molecule has 1 saturated heterocycles. The molecule has 4 heterocycles. The summed E-state index contributed by atoms with van der Waals surface area (Å²) in [5.74, 6) is 0.695. The molecule has 4 N–H and O–H groups in total. The van der Waals surface area contributed by atoms with Crippen molar-refractivity contribution >= 4 is 11.5 Å². The molecule has 3 aromatic rings. The minimum atomic E-state index is 0.0119.